The van der Waals surface area contributed by atoms with Crippen LogP contribution in [-0.4, -0.2) is 25.9 Å². The van der Waals surface area contributed by atoms with Gasteiger partial charge in [0.25, 0.3) is 0 Å². The Bertz CT molecular complexity index is 371. The van der Waals surface area contributed by atoms with Crippen molar-refractivity contribution in [2.45, 2.75) is 38.8 Å². The van der Waals surface area contributed by atoms with E-state index in [0.717, 1.165) is 23.1 Å². The molecule has 0 aliphatic rings. The van der Waals surface area contributed by atoms with E-state index in [4.69, 9.17) is 15.2 Å². The van der Waals surface area contributed by atoms with Gasteiger partial charge in [-0.15, -0.1) is 0 Å². The van der Waals surface area contributed by atoms with Gasteiger partial charge in [-0.1, -0.05) is 13.0 Å². The zero-order valence-corrected chi connectivity index (χ0v) is 12.9. The summed E-state index contributed by atoms with van der Waals surface area (Å²) in [5.74, 6) is 0.840. The quantitative estimate of drug-likeness (QED) is 0.840. The molecule has 0 aliphatic heterocycles. The molecule has 0 radical (unpaired) electrons. The van der Waals surface area contributed by atoms with Crippen LogP contribution in [0.25, 0.3) is 0 Å². The van der Waals surface area contributed by atoms with Gasteiger partial charge < -0.3 is 15.2 Å². The Hall–Kier alpha value is -0.580. The molecule has 0 fully saturated rings. The molecule has 0 amide bonds. The Balaban J connectivity index is 2.62. The first kappa shape index (κ1) is 15.5. The lowest BCUT2D eigenvalue weighted by molar-refractivity contribution is 0.0714. The van der Waals surface area contributed by atoms with Crippen molar-refractivity contribution in [3.05, 3.63) is 28.2 Å². The molecular weight excluding hydrogens is 294 g/mol. The van der Waals surface area contributed by atoms with Crippen LogP contribution in [0.4, 0.5) is 0 Å². The molecule has 2 N–H and O–H groups in total. The summed E-state index contributed by atoms with van der Waals surface area (Å²) in [6, 6.07) is 6.33. The maximum Gasteiger partial charge on any atom is 0.133 e. The van der Waals surface area contributed by atoms with E-state index >= 15 is 0 Å². The number of benzene rings is 1. The lowest BCUT2D eigenvalue weighted by atomic mass is 10.0. The maximum atomic E-state index is 5.95. The Morgan fingerprint density at radius 2 is 2.11 bits per heavy atom. The van der Waals surface area contributed by atoms with Crippen LogP contribution in [-0.2, 0) is 11.2 Å². The lowest BCUT2D eigenvalue weighted by Gasteiger charge is -2.14. The molecule has 3 nitrogen and oxygen atoms in total. The molecular formula is C14H22BrNO2. The Labute approximate surface area is 118 Å². The van der Waals surface area contributed by atoms with Gasteiger partial charge >= 0.3 is 0 Å². The van der Waals surface area contributed by atoms with E-state index in [2.05, 4.69) is 35.0 Å². The number of rotatable bonds is 7. The molecule has 2 unspecified atom stereocenters. The summed E-state index contributed by atoms with van der Waals surface area (Å²) in [6.07, 6.45) is 1.97. The van der Waals surface area contributed by atoms with Crippen LogP contribution >= 0.6 is 15.9 Å². The van der Waals surface area contributed by atoms with Gasteiger partial charge in [0, 0.05) is 13.2 Å². The van der Waals surface area contributed by atoms with E-state index in [1.54, 1.807) is 7.11 Å². The summed E-state index contributed by atoms with van der Waals surface area (Å²) in [7, 11) is 1.68. The third-order valence-corrected chi connectivity index (χ3v) is 3.51. The zero-order chi connectivity index (χ0) is 13.5. The fraction of sp³-hybridized carbons (Fsp3) is 0.571. The molecule has 0 saturated carbocycles. The molecule has 0 bridgehead atoms. The van der Waals surface area contributed by atoms with Crippen molar-refractivity contribution in [3.8, 4) is 5.75 Å². The fourth-order valence-electron chi connectivity index (χ4n) is 1.51. The van der Waals surface area contributed by atoms with Crippen molar-refractivity contribution in [1.29, 1.82) is 0 Å². The van der Waals surface area contributed by atoms with Crippen LogP contribution in [0.2, 0.25) is 0 Å². The average Bonchev–Trinajstić information content (AvgIpc) is 2.37. The summed E-state index contributed by atoms with van der Waals surface area (Å²) in [4.78, 5) is 0. The SMILES string of the molecule is CCC(N)Cc1ccc(OCC(C)OC)c(Br)c1. The molecule has 0 heterocycles. The van der Waals surface area contributed by atoms with Crippen molar-refractivity contribution in [2.75, 3.05) is 13.7 Å². The minimum absolute atomic E-state index is 0.0880. The number of methoxy groups -OCH3 is 1. The third kappa shape index (κ3) is 4.96. The maximum absolute atomic E-state index is 5.95. The van der Waals surface area contributed by atoms with Crippen molar-refractivity contribution < 1.29 is 9.47 Å². The van der Waals surface area contributed by atoms with Gasteiger partial charge in [0.05, 0.1) is 10.6 Å². The number of hydrogen-bond donors (Lipinski definition) is 1. The van der Waals surface area contributed by atoms with Gasteiger partial charge in [-0.05, 0) is 53.4 Å². The molecule has 0 aromatic heterocycles. The van der Waals surface area contributed by atoms with Crippen LogP contribution in [0.15, 0.2) is 22.7 Å². The van der Waals surface area contributed by atoms with Crippen molar-refractivity contribution >= 4 is 15.9 Å². The van der Waals surface area contributed by atoms with Crippen LogP contribution in [0.3, 0.4) is 0 Å². The first-order valence-corrected chi connectivity index (χ1v) is 7.05. The van der Waals surface area contributed by atoms with E-state index < -0.39 is 0 Å². The van der Waals surface area contributed by atoms with Crippen molar-refractivity contribution in [3.63, 3.8) is 0 Å². The van der Waals surface area contributed by atoms with Gasteiger partial charge in [-0.2, -0.15) is 0 Å². The van der Waals surface area contributed by atoms with Gasteiger partial charge in [-0.3, -0.25) is 0 Å². The lowest BCUT2D eigenvalue weighted by Crippen LogP contribution is -2.21. The smallest absolute Gasteiger partial charge is 0.133 e. The van der Waals surface area contributed by atoms with Gasteiger partial charge in [0.15, 0.2) is 0 Å². The van der Waals surface area contributed by atoms with Crippen LogP contribution in [0.5, 0.6) is 5.75 Å². The van der Waals surface area contributed by atoms with E-state index in [1.165, 1.54) is 5.56 Å². The molecule has 0 aliphatic carbocycles. The average molecular weight is 316 g/mol. The minimum Gasteiger partial charge on any atom is -0.490 e. The predicted octanol–water partition coefficient (Wildman–Crippen LogP) is 3.14. The van der Waals surface area contributed by atoms with Gasteiger partial charge in [0.1, 0.15) is 12.4 Å². The van der Waals surface area contributed by atoms with Crippen LogP contribution < -0.4 is 10.5 Å². The summed E-state index contributed by atoms with van der Waals surface area (Å²) in [5.41, 5.74) is 7.17. The third-order valence-electron chi connectivity index (χ3n) is 2.89. The number of halogens is 1. The normalized spacial score (nSPS) is 14.3. The van der Waals surface area contributed by atoms with E-state index in [0.29, 0.717) is 6.61 Å². The van der Waals surface area contributed by atoms with Gasteiger partial charge in [-0.25, -0.2) is 0 Å². The summed E-state index contributed by atoms with van der Waals surface area (Å²) in [6.45, 7) is 4.62. The van der Waals surface area contributed by atoms with Crippen molar-refractivity contribution in [2.24, 2.45) is 5.73 Å². The second-order valence-electron chi connectivity index (χ2n) is 4.49. The molecule has 18 heavy (non-hydrogen) atoms. The number of ether oxygens (including phenoxy) is 2. The van der Waals surface area contributed by atoms with E-state index in [9.17, 15) is 0 Å². The van der Waals surface area contributed by atoms with Crippen LogP contribution in [0.1, 0.15) is 25.8 Å². The predicted molar refractivity (Wildman–Crippen MR) is 78.1 cm³/mol. The fourth-order valence-corrected chi connectivity index (χ4v) is 2.05. The first-order valence-electron chi connectivity index (χ1n) is 6.26. The topological polar surface area (TPSA) is 44.5 Å². The second-order valence-corrected chi connectivity index (χ2v) is 5.35. The number of hydrogen-bond acceptors (Lipinski definition) is 3. The summed E-state index contributed by atoms with van der Waals surface area (Å²) < 4.78 is 11.8. The highest BCUT2D eigenvalue weighted by molar-refractivity contribution is 9.10. The molecule has 102 valence electrons. The molecule has 2 atom stereocenters. The van der Waals surface area contributed by atoms with E-state index in [-0.39, 0.29) is 12.1 Å². The Morgan fingerprint density at radius 1 is 1.39 bits per heavy atom. The van der Waals surface area contributed by atoms with Crippen molar-refractivity contribution in [1.82, 2.24) is 0 Å². The molecule has 0 spiro atoms. The molecule has 1 aromatic rings. The highest BCUT2D eigenvalue weighted by Gasteiger charge is 2.07. The Kier molecular flexibility index (Phi) is 6.68. The Morgan fingerprint density at radius 3 is 2.67 bits per heavy atom. The highest BCUT2D eigenvalue weighted by atomic mass is 79.9. The molecule has 0 saturated heterocycles. The standard InChI is InChI=1S/C14H22BrNO2/c1-4-12(16)7-11-5-6-14(13(15)8-11)18-9-10(2)17-3/h5-6,8,10,12H,4,7,9,16H2,1-3H3. The summed E-state index contributed by atoms with van der Waals surface area (Å²) in [5, 5.41) is 0. The highest BCUT2D eigenvalue weighted by Crippen LogP contribution is 2.26. The molecule has 4 heteroatoms. The second kappa shape index (κ2) is 7.77. The van der Waals surface area contributed by atoms with Crippen LogP contribution in [0, 0.1) is 0 Å². The monoisotopic (exact) mass is 315 g/mol. The largest absolute Gasteiger partial charge is 0.490 e. The van der Waals surface area contributed by atoms with Gasteiger partial charge in [0.2, 0.25) is 0 Å². The zero-order valence-electron chi connectivity index (χ0n) is 11.3. The number of nitrogens with two attached hydrogens (primary N) is 1. The summed E-state index contributed by atoms with van der Waals surface area (Å²) >= 11 is 3.52. The van der Waals surface area contributed by atoms with E-state index in [1.807, 2.05) is 13.0 Å². The minimum atomic E-state index is 0.0880. The molecule has 1 rings (SSSR count). The first-order chi connectivity index (χ1) is 8.56. The molecule has 1 aromatic carbocycles.